The van der Waals surface area contributed by atoms with E-state index < -0.39 is 5.79 Å². The van der Waals surface area contributed by atoms with Gasteiger partial charge in [0.1, 0.15) is 0 Å². The second-order valence-corrected chi connectivity index (χ2v) is 10.7. The molecule has 0 aliphatic carbocycles. The van der Waals surface area contributed by atoms with Crippen LogP contribution in [0.4, 0.5) is 10.5 Å². The molecule has 1 aliphatic heterocycles. The number of anilines is 1. The van der Waals surface area contributed by atoms with Crippen LogP contribution in [0.5, 0.6) is 0 Å². The van der Waals surface area contributed by atoms with E-state index in [-0.39, 0.29) is 11.4 Å². The number of benzene rings is 1. The smallest absolute Gasteiger partial charge is 0.319 e. The maximum Gasteiger partial charge on any atom is 0.319 e. The van der Waals surface area contributed by atoms with Gasteiger partial charge in [-0.25, -0.2) is 4.79 Å². The number of unbranched alkanes of at least 4 members (excludes halogenated alkanes) is 4. The summed E-state index contributed by atoms with van der Waals surface area (Å²) in [6.07, 6.45) is 6.72. The van der Waals surface area contributed by atoms with Crippen LogP contribution in [0.1, 0.15) is 110 Å². The highest BCUT2D eigenvalue weighted by Crippen LogP contribution is 2.34. The van der Waals surface area contributed by atoms with Gasteiger partial charge >= 0.3 is 6.03 Å². The second kappa shape index (κ2) is 12.0. The Hall–Kier alpha value is -1.59. The van der Waals surface area contributed by atoms with Crippen LogP contribution in [0.3, 0.4) is 0 Å². The Bertz CT molecular complexity index is 691. The van der Waals surface area contributed by atoms with Crippen molar-refractivity contribution >= 4 is 11.7 Å². The Labute approximate surface area is 196 Å². The van der Waals surface area contributed by atoms with E-state index in [1.165, 1.54) is 19.3 Å². The van der Waals surface area contributed by atoms with E-state index in [1.807, 2.05) is 0 Å². The van der Waals surface area contributed by atoms with E-state index in [0.29, 0.717) is 31.6 Å². The highest BCUT2D eigenvalue weighted by molar-refractivity contribution is 5.91. The maximum atomic E-state index is 13.0. The molecule has 1 aliphatic rings. The second-order valence-electron chi connectivity index (χ2n) is 10.7. The van der Waals surface area contributed by atoms with E-state index in [2.05, 4.69) is 77.3 Å². The lowest BCUT2D eigenvalue weighted by Crippen LogP contribution is -2.54. The predicted octanol–water partition coefficient (Wildman–Crippen LogP) is 7.18. The normalized spacial score (nSPS) is 17.5. The molecule has 0 spiro atoms. The van der Waals surface area contributed by atoms with Gasteiger partial charge in [0.05, 0.1) is 19.8 Å². The van der Waals surface area contributed by atoms with Crippen molar-refractivity contribution in [2.75, 3.05) is 25.1 Å². The number of carbonyl (C=O) groups is 1. The fourth-order valence-electron chi connectivity index (χ4n) is 4.14. The zero-order valence-corrected chi connectivity index (χ0v) is 21.5. The van der Waals surface area contributed by atoms with Gasteiger partial charge in [-0.15, -0.1) is 0 Å². The number of para-hydroxylation sites is 1. The summed E-state index contributed by atoms with van der Waals surface area (Å²) >= 11 is 0. The molecular weight excluding hydrogens is 400 g/mol. The Kier molecular flexibility index (Phi) is 10.0. The Balaban J connectivity index is 2.05. The van der Waals surface area contributed by atoms with Crippen LogP contribution in [0.2, 0.25) is 0 Å². The number of hydrogen-bond donors (Lipinski definition) is 2. The summed E-state index contributed by atoms with van der Waals surface area (Å²) in [5.74, 6) is -0.0891. The Morgan fingerprint density at radius 3 is 2.06 bits per heavy atom. The molecule has 1 fully saturated rings. The topological polar surface area (TPSA) is 59.6 Å². The van der Waals surface area contributed by atoms with Crippen molar-refractivity contribution in [3.05, 3.63) is 29.3 Å². The zero-order chi connectivity index (χ0) is 23.8. The maximum absolute atomic E-state index is 13.0. The Morgan fingerprint density at radius 2 is 1.53 bits per heavy atom. The average Bonchev–Trinajstić information content (AvgIpc) is 2.74. The third-order valence-electron chi connectivity index (χ3n) is 6.24. The third kappa shape index (κ3) is 7.77. The molecule has 0 aromatic heterocycles. The summed E-state index contributed by atoms with van der Waals surface area (Å²) in [5.41, 5.74) is 3.24. The van der Waals surface area contributed by atoms with E-state index in [4.69, 9.17) is 9.47 Å². The van der Waals surface area contributed by atoms with Crippen LogP contribution in [-0.4, -0.2) is 31.6 Å². The molecule has 2 amide bonds. The van der Waals surface area contributed by atoms with Crippen LogP contribution < -0.4 is 10.6 Å². The molecule has 5 heteroatoms. The zero-order valence-electron chi connectivity index (χ0n) is 21.5. The molecule has 1 aromatic rings. The molecule has 5 nitrogen and oxygen atoms in total. The highest BCUT2D eigenvalue weighted by atomic mass is 16.7. The first-order valence-electron chi connectivity index (χ1n) is 12.5. The molecule has 1 heterocycles. The third-order valence-corrected chi connectivity index (χ3v) is 6.24. The van der Waals surface area contributed by atoms with Crippen LogP contribution >= 0.6 is 0 Å². The van der Waals surface area contributed by atoms with Crippen molar-refractivity contribution in [1.82, 2.24) is 5.32 Å². The number of ether oxygens (including phenoxy) is 2. The molecule has 2 rings (SSSR count). The van der Waals surface area contributed by atoms with Crippen molar-refractivity contribution < 1.29 is 14.3 Å². The van der Waals surface area contributed by atoms with Crippen LogP contribution in [0.15, 0.2) is 18.2 Å². The summed E-state index contributed by atoms with van der Waals surface area (Å²) in [5, 5.41) is 6.19. The molecule has 1 saturated heterocycles. The summed E-state index contributed by atoms with van der Waals surface area (Å²) < 4.78 is 12.5. The highest BCUT2D eigenvalue weighted by Gasteiger charge is 2.40. The molecule has 0 radical (unpaired) electrons. The molecule has 1 aromatic carbocycles. The molecule has 32 heavy (non-hydrogen) atoms. The quantitative estimate of drug-likeness (QED) is 0.354. The lowest BCUT2D eigenvalue weighted by atomic mass is 9.92. The average molecular weight is 447 g/mol. The van der Waals surface area contributed by atoms with Gasteiger partial charge in [0.15, 0.2) is 5.79 Å². The molecule has 0 unspecified atom stereocenters. The monoisotopic (exact) mass is 446 g/mol. The molecule has 0 saturated carbocycles. The summed E-state index contributed by atoms with van der Waals surface area (Å²) in [4.78, 5) is 13.0. The van der Waals surface area contributed by atoms with E-state index in [0.717, 1.165) is 36.1 Å². The van der Waals surface area contributed by atoms with E-state index in [1.54, 1.807) is 0 Å². The van der Waals surface area contributed by atoms with Crippen molar-refractivity contribution in [2.45, 2.75) is 105 Å². The predicted molar refractivity (Wildman–Crippen MR) is 133 cm³/mol. The van der Waals surface area contributed by atoms with E-state index in [9.17, 15) is 4.79 Å². The number of amides is 2. The van der Waals surface area contributed by atoms with Crippen molar-refractivity contribution in [1.29, 1.82) is 0 Å². The van der Waals surface area contributed by atoms with Crippen molar-refractivity contribution in [3.63, 3.8) is 0 Å². The van der Waals surface area contributed by atoms with Gasteiger partial charge in [-0.05, 0) is 29.4 Å². The van der Waals surface area contributed by atoms with Gasteiger partial charge in [0.2, 0.25) is 0 Å². The fraction of sp³-hybridized carbons (Fsp3) is 0.741. The first kappa shape index (κ1) is 26.7. The lowest BCUT2D eigenvalue weighted by molar-refractivity contribution is -0.297. The molecule has 0 atom stereocenters. The largest absolute Gasteiger partial charge is 0.348 e. The Morgan fingerprint density at radius 1 is 0.969 bits per heavy atom. The van der Waals surface area contributed by atoms with Gasteiger partial charge < -0.3 is 20.1 Å². The number of urea groups is 1. The summed E-state index contributed by atoms with van der Waals surface area (Å²) in [7, 11) is 0. The molecule has 2 N–H and O–H groups in total. The minimum Gasteiger partial charge on any atom is -0.348 e. The number of hydrogen-bond acceptors (Lipinski definition) is 3. The fourth-order valence-corrected chi connectivity index (χ4v) is 4.14. The van der Waals surface area contributed by atoms with Crippen LogP contribution in [0, 0.1) is 5.41 Å². The lowest BCUT2D eigenvalue weighted by Gasteiger charge is -2.43. The minimum absolute atomic E-state index is 0.00363. The summed E-state index contributed by atoms with van der Waals surface area (Å²) in [6.45, 7) is 16.8. The van der Waals surface area contributed by atoms with Gasteiger partial charge in [-0.2, -0.15) is 0 Å². The minimum atomic E-state index is -0.739. The van der Waals surface area contributed by atoms with Gasteiger partial charge in [0, 0.05) is 17.5 Å². The number of nitrogens with one attached hydrogen (secondary N) is 2. The number of rotatable bonds is 11. The molecule has 0 bridgehead atoms. The van der Waals surface area contributed by atoms with Gasteiger partial charge in [0.25, 0.3) is 0 Å². The first-order chi connectivity index (χ1) is 15.1. The van der Waals surface area contributed by atoms with E-state index >= 15 is 0 Å². The standard InChI is InChI=1S/C27H46N2O3/c1-8-9-10-11-12-16-27(31-18-26(6,7)19-32-27)17-28-25(30)29-24-22(20(2)3)14-13-15-23(24)21(4)5/h13-15,20-21H,8-12,16-19H2,1-7H3,(H2,28,29,30). The SMILES string of the molecule is CCCCCCCC1(CNC(=O)Nc2c(C(C)C)cccc2C(C)C)OCC(C)(C)CO1. The molecular formula is C27H46N2O3. The van der Waals surface area contributed by atoms with Crippen LogP contribution in [-0.2, 0) is 9.47 Å². The van der Waals surface area contributed by atoms with Crippen LogP contribution in [0.25, 0.3) is 0 Å². The van der Waals surface area contributed by atoms with Crippen molar-refractivity contribution in [3.8, 4) is 0 Å². The first-order valence-corrected chi connectivity index (χ1v) is 12.5. The van der Waals surface area contributed by atoms with Crippen molar-refractivity contribution in [2.24, 2.45) is 5.41 Å². The summed E-state index contributed by atoms with van der Waals surface area (Å²) in [6, 6.07) is 6.06. The van der Waals surface area contributed by atoms with Gasteiger partial charge in [-0.1, -0.05) is 92.3 Å². The molecule has 182 valence electrons. The number of carbonyl (C=O) groups excluding carboxylic acids is 1. The van der Waals surface area contributed by atoms with Gasteiger partial charge in [-0.3, -0.25) is 0 Å².